The number of hydrogen-bond acceptors (Lipinski definition) is 2. The lowest BCUT2D eigenvalue weighted by molar-refractivity contribution is 0.475. The number of benzene rings is 2. The van der Waals surface area contributed by atoms with E-state index in [1.54, 1.807) is 6.07 Å². The Labute approximate surface area is 105 Å². The number of hydrogen-bond donors (Lipinski definition) is 1. The van der Waals surface area contributed by atoms with Crippen LogP contribution in [0.3, 0.4) is 0 Å². The summed E-state index contributed by atoms with van der Waals surface area (Å²) < 4.78 is 19.2. The second-order valence-electron chi connectivity index (χ2n) is 4.53. The first-order chi connectivity index (χ1) is 8.78. The van der Waals surface area contributed by atoms with Crippen LogP contribution in [0.25, 0.3) is 0 Å². The van der Waals surface area contributed by atoms with Crippen LogP contribution in [0.5, 0.6) is 11.5 Å². The Morgan fingerprint density at radius 1 is 1.17 bits per heavy atom. The summed E-state index contributed by atoms with van der Waals surface area (Å²) in [5, 5.41) is 0. The molecule has 1 unspecified atom stereocenters. The Morgan fingerprint density at radius 3 is 2.83 bits per heavy atom. The topological polar surface area (TPSA) is 35.2 Å². The summed E-state index contributed by atoms with van der Waals surface area (Å²) in [6, 6.07) is 12.5. The average molecular weight is 243 g/mol. The number of nitrogens with two attached hydrogens (primary N) is 1. The fourth-order valence-corrected chi connectivity index (χ4v) is 2.41. The Kier molecular flexibility index (Phi) is 2.76. The second kappa shape index (κ2) is 4.42. The molecule has 0 bridgehead atoms. The van der Waals surface area contributed by atoms with E-state index in [4.69, 9.17) is 10.5 Å². The van der Waals surface area contributed by atoms with Crippen molar-refractivity contribution in [2.45, 2.75) is 12.3 Å². The Morgan fingerprint density at radius 2 is 2.00 bits per heavy atom. The molecule has 1 atom stereocenters. The van der Waals surface area contributed by atoms with Crippen molar-refractivity contribution in [1.29, 1.82) is 0 Å². The van der Waals surface area contributed by atoms with Crippen LogP contribution >= 0.6 is 0 Å². The lowest BCUT2D eigenvalue weighted by Crippen LogP contribution is -2.14. The molecule has 0 aromatic heterocycles. The third kappa shape index (κ3) is 1.87. The largest absolute Gasteiger partial charge is 0.457 e. The highest BCUT2D eigenvalue weighted by Gasteiger charge is 2.22. The van der Waals surface area contributed by atoms with Gasteiger partial charge in [0, 0.05) is 11.5 Å². The monoisotopic (exact) mass is 243 g/mol. The average Bonchev–Trinajstić information content (AvgIpc) is 2.54. The van der Waals surface area contributed by atoms with Gasteiger partial charge in [-0.05, 0) is 42.8 Å². The number of rotatable bonds is 1. The zero-order valence-electron chi connectivity index (χ0n) is 9.90. The van der Waals surface area contributed by atoms with Gasteiger partial charge in [0.2, 0.25) is 0 Å². The van der Waals surface area contributed by atoms with Crippen LogP contribution in [0.4, 0.5) is 4.39 Å². The van der Waals surface area contributed by atoms with Crippen molar-refractivity contribution in [3.63, 3.8) is 0 Å². The van der Waals surface area contributed by atoms with Gasteiger partial charge in [-0.15, -0.1) is 0 Å². The Bertz CT molecular complexity index is 582. The van der Waals surface area contributed by atoms with Crippen LogP contribution in [0.1, 0.15) is 17.0 Å². The molecule has 18 heavy (non-hydrogen) atoms. The summed E-state index contributed by atoms with van der Waals surface area (Å²) in [7, 11) is 0. The molecule has 92 valence electrons. The van der Waals surface area contributed by atoms with E-state index in [0.29, 0.717) is 12.3 Å². The number of ether oxygens (including phenoxy) is 1. The first-order valence-corrected chi connectivity index (χ1v) is 6.03. The van der Waals surface area contributed by atoms with Crippen LogP contribution in [0.2, 0.25) is 0 Å². The van der Waals surface area contributed by atoms with Gasteiger partial charge < -0.3 is 10.5 Å². The number of halogens is 1. The highest BCUT2D eigenvalue weighted by Crippen LogP contribution is 2.39. The predicted octanol–water partition coefficient (Wildman–Crippen LogP) is 3.22. The minimum atomic E-state index is -0.248. The van der Waals surface area contributed by atoms with E-state index < -0.39 is 0 Å². The summed E-state index contributed by atoms with van der Waals surface area (Å²) in [4.78, 5) is 0. The summed E-state index contributed by atoms with van der Waals surface area (Å²) in [5.74, 6) is 1.39. The quantitative estimate of drug-likeness (QED) is 0.834. The van der Waals surface area contributed by atoms with E-state index in [1.807, 2.05) is 24.3 Å². The molecule has 2 aromatic rings. The van der Waals surface area contributed by atoms with Gasteiger partial charge in [0.25, 0.3) is 0 Å². The molecule has 0 saturated heterocycles. The van der Waals surface area contributed by atoms with Crippen molar-refractivity contribution in [3.8, 4) is 11.5 Å². The van der Waals surface area contributed by atoms with Crippen molar-refractivity contribution >= 4 is 0 Å². The molecule has 0 aliphatic carbocycles. The van der Waals surface area contributed by atoms with E-state index in [0.717, 1.165) is 23.3 Å². The fraction of sp³-hybridized carbons (Fsp3) is 0.200. The van der Waals surface area contributed by atoms with E-state index in [2.05, 4.69) is 0 Å². The van der Waals surface area contributed by atoms with Crippen molar-refractivity contribution < 1.29 is 9.13 Å². The maximum Gasteiger partial charge on any atom is 0.131 e. The molecule has 2 N–H and O–H groups in total. The maximum atomic E-state index is 13.4. The minimum absolute atomic E-state index is 0.0966. The highest BCUT2D eigenvalue weighted by molar-refractivity contribution is 5.47. The lowest BCUT2D eigenvalue weighted by atomic mass is 9.92. The van der Waals surface area contributed by atoms with Gasteiger partial charge in [0.05, 0.1) is 0 Å². The zero-order valence-corrected chi connectivity index (χ0v) is 9.90. The van der Waals surface area contributed by atoms with Gasteiger partial charge in [0.15, 0.2) is 0 Å². The number of para-hydroxylation sites is 1. The maximum absolute atomic E-state index is 13.4. The minimum Gasteiger partial charge on any atom is -0.457 e. The van der Waals surface area contributed by atoms with Gasteiger partial charge in [-0.3, -0.25) is 0 Å². The second-order valence-corrected chi connectivity index (χ2v) is 4.53. The molecule has 0 spiro atoms. The molecule has 2 aromatic carbocycles. The van der Waals surface area contributed by atoms with Gasteiger partial charge in [-0.25, -0.2) is 4.39 Å². The molecular weight excluding hydrogens is 229 g/mol. The first kappa shape index (κ1) is 11.2. The van der Waals surface area contributed by atoms with Gasteiger partial charge in [0.1, 0.15) is 17.3 Å². The highest BCUT2D eigenvalue weighted by atomic mass is 19.1. The Hall–Kier alpha value is -1.87. The van der Waals surface area contributed by atoms with E-state index in [1.165, 1.54) is 12.1 Å². The summed E-state index contributed by atoms with van der Waals surface area (Å²) in [5.41, 5.74) is 7.79. The normalized spacial score (nSPS) is 17.3. The molecule has 1 heterocycles. The van der Waals surface area contributed by atoms with Crippen LogP contribution in [0.15, 0.2) is 42.5 Å². The Balaban J connectivity index is 2.14. The summed E-state index contributed by atoms with van der Waals surface area (Å²) in [6.07, 6.45) is 0.781. The van der Waals surface area contributed by atoms with Crippen molar-refractivity contribution in [2.24, 2.45) is 5.73 Å². The molecule has 0 amide bonds. The molecule has 2 nitrogen and oxygen atoms in total. The molecule has 1 aliphatic heterocycles. The summed E-state index contributed by atoms with van der Waals surface area (Å²) >= 11 is 0. The van der Waals surface area contributed by atoms with E-state index in [-0.39, 0.29) is 11.7 Å². The SMILES string of the molecule is NCC1Cc2ccccc2Oc2ccc(F)cc21. The first-order valence-electron chi connectivity index (χ1n) is 6.03. The smallest absolute Gasteiger partial charge is 0.131 e. The molecule has 3 heteroatoms. The lowest BCUT2D eigenvalue weighted by Gasteiger charge is -2.14. The molecular formula is C15H14FNO. The van der Waals surface area contributed by atoms with Crippen LogP contribution in [-0.2, 0) is 6.42 Å². The summed E-state index contributed by atoms with van der Waals surface area (Å²) in [6.45, 7) is 0.480. The van der Waals surface area contributed by atoms with Crippen LogP contribution in [0, 0.1) is 5.82 Å². The third-order valence-corrected chi connectivity index (χ3v) is 3.36. The third-order valence-electron chi connectivity index (χ3n) is 3.36. The van der Waals surface area contributed by atoms with Gasteiger partial charge in [-0.2, -0.15) is 0 Å². The van der Waals surface area contributed by atoms with Crippen molar-refractivity contribution in [3.05, 3.63) is 59.4 Å². The van der Waals surface area contributed by atoms with Crippen molar-refractivity contribution in [1.82, 2.24) is 0 Å². The molecule has 0 saturated carbocycles. The fourth-order valence-electron chi connectivity index (χ4n) is 2.41. The van der Waals surface area contributed by atoms with Gasteiger partial charge >= 0.3 is 0 Å². The molecule has 3 rings (SSSR count). The van der Waals surface area contributed by atoms with Gasteiger partial charge in [-0.1, -0.05) is 18.2 Å². The molecule has 1 aliphatic rings. The molecule has 0 fully saturated rings. The predicted molar refractivity (Wildman–Crippen MR) is 68.4 cm³/mol. The van der Waals surface area contributed by atoms with E-state index >= 15 is 0 Å². The standard InChI is InChI=1S/C15H14FNO/c16-12-5-6-15-13(8-12)11(9-17)7-10-3-1-2-4-14(10)18-15/h1-6,8,11H,7,9,17H2. The zero-order chi connectivity index (χ0) is 12.5. The van der Waals surface area contributed by atoms with Crippen LogP contribution in [-0.4, -0.2) is 6.54 Å². The van der Waals surface area contributed by atoms with Crippen LogP contribution < -0.4 is 10.5 Å². The molecule has 0 radical (unpaired) electrons. The number of fused-ring (bicyclic) bond motifs is 2. The van der Waals surface area contributed by atoms with Crippen molar-refractivity contribution in [2.75, 3.05) is 6.54 Å². The van der Waals surface area contributed by atoms with E-state index in [9.17, 15) is 4.39 Å².